The van der Waals surface area contributed by atoms with Crippen LogP contribution in [0.1, 0.15) is 23.1 Å². The molecule has 3 heterocycles. The molecule has 0 bridgehead atoms. The summed E-state index contributed by atoms with van der Waals surface area (Å²) in [5.41, 5.74) is 9.33. The quantitative estimate of drug-likeness (QED) is 0.266. The van der Waals surface area contributed by atoms with Crippen molar-refractivity contribution in [3.63, 3.8) is 0 Å². The fraction of sp³-hybridized carbons (Fsp3) is 0.115. The third-order valence-electron chi connectivity index (χ3n) is 6.16. The van der Waals surface area contributed by atoms with Crippen LogP contribution < -0.4 is 5.32 Å². The normalized spacial score (nSPS) is 14.9. The fourth-order valence-corrected chi connectivity index (χ4v) is 5.14. The monoisotopic (exact) mass is 516 g/mol. The van der Waals surface area contributed by atoms with Gasteiger partial charge in [0, 0.05) is 37.5 Å². The summed E-state index contributed by atoms with van der Waals surface area (Å²) in [7, 11) is 0. The summed E-state index contributed by atoms with van der Waals surface area (Å²) in [4.78, 5) is 5.01. The predicted octanol–water partition coefficient (Wildman–Crippen LogP) is 6.69. The number of aryl methyl sites for hydroxylation is 1. The molecule has 0 saturated heterocycles. The standard InChI is InChI=1S/C26H21IN4/c1-16-15-21(17(2)30(16)19-13-11-18(27)12-14-19)26-28-22-8-4-3-7-20(22)25-29-23-9-5-6-10-24(23)31(25)26/h3-15,26,28H,1-2H3/t26-/m1/s1. The first-order valence-corrected chi connectivity index (χ1v) is 11.5. The number of aromatic nitrogens is 3. The van der Waals surface area contributed by atoms with Gasteiger partial charge in [-0.25, -0.2) is 4.98 Å². The van der Waals surface area contributed by atoms with Crippen molar-refractivity contribution in [2.24, 2.45) is 0 Å². The van der Waals surface area contributed by atoms with E-state index in [9.17, 15) is 0 Å². The Kier molecular flexibility index (Phi) is 4.21. The number of fused-ring (bicyclic) bond motifs is 5. The summed E-state index contributed by atoms with van der Waals surface area (Å²) in [6.07, 6.45) is -0.0268. The molecule has 1 atom stereocenters. The molecule has 0 unspecified atom stereocenters. The molecular weight excluding hydrogens is 495 g/mol. The fourth-order valence-electron chi connectivity index (χ4n) is 4.78. The van der Waals surface area contributed by atoms with Crippen LogP contribution in [0.3, 0.4) is 0 Å². The lowest BCUT2D eigenvalue weighted by molar-refractivity contribution is 0.663. The maximum absolute atomic E-state index is 5.01. The lowest BCUT2D eigenvalue weighted by atomic mass is 10.1. The van der Waals surface area contributed by atoms with Gasteiger partial charge in [-0.3, -0.25) is 4.57 Å². The molecule has 0 fully saturated rings. The number of nitrogens with one attached hydrogen (secondary N) is 1. The molecule has 4 nitrogen and oxygen atoms in total. The van der Waals surface area contributed by atoms with Gasteiger partial charge in [-0.05, 0) is 91.0 Å². The number of anilines is 1. The Hall–Kier alpha value is -3.06. The molecule has 5 heteroatoms. The first-order valence-electron chi connectivity index (χ1n) is 10.4. The first-order chi connectivity index (χ1) is 15.1. The van der Waals surface area contributed by atoms with E-state index in [2.05, 4.69) is 130 Å². The second-order valence-corrected chi connectivity index (χ2v) is 9.27. The van der Waals surface area contributed by atoms with Gasteiger partial charge in [0.05, 0.1) is 11.0 Å². The van der Waals surface area contributed by atoms with E-state index in [1.54, 1.807) is 0 Å². The molecule has 2 aromatic heterocycles. The molecule has 1 N–H and O–H groups in total. The molecule has 31 heavy (non-hydrogen) atoms. The number of benzene rings is 3. The number of halogens is 1. The van der Waals surface area contributed by atoms with Crippen molar-refractivity contribution in [1.29, 1.82) is 0 Å². The van der Waals surface area contributed by atoms with Gasteiger partial charge in [-0.15, -0.1) is 0 Å². The van der Waals surface area contributed by atoms with E-state index in [4.69, 9.17) is 4.98 Å². The molecule has 1 aliphatic heterocycles. The molecular formula is C26H21IN4. The largest absolute Gasteiger partial charge is 0.360 e. The zero-order valence-electron chi connectivity index (χ0n) is 17.3. The number of hydrogen-bond donors (Lipinski definition) is 1. The Labute approximate surface area is 194 Å². The maximum atomic E-state index is 5.01. The van der Waals surface area contributed by atoms with E-state index < -0.39 is 0 Å². The summed E-state index contributed by atoms with van der Waals surface area (Å²) in [5.74, 6) is 1.01. The molecule has 152 valence electrons. The Balaban J connectivity index is 1.59. The van der Waals surface area contributed by atoms with Gasteiger partial charge >= 0.3 is 0 Å². The van der Waals surface area contributed by atoms with Gasteiger partial charge in [0.2, 0.25) is 0 Å². The van der Waals surface area contributed by atoms with E-state index in [-0.39, 0.29) is 6.17 Å². The zero-order valence-corrected chi connectivity index (χ0v) is 19.5. The van der Waals surface area contributed by atoms with Crippen LogP contribution in [0.4, 0.5) is 5.69 Å². The summed E-state index contributed by atoms with van der Waals surface area (Å²) in [6, 6.07) is 27.8. The number of hydrogen-bond acceptors (Lipinski definition) is 2. The smallest absolute Gasteiger partial charge is 0.145 e. The second-order valence-electron chi connectivity index (χ2n) is 8.02. The van der Waals surface area contributed by atoms with E-state index in [1.807, 2.05) is 0 Å². The Morgan fingerprint density at radius 3 is 2.48 bits per heavy atom. The highest BCUT2D eigenvalue weighted by molar-refractivity contribution is 14.1. The Bertz CT molecular complexity index is 1440. The predicted molar refractivity (Wildman–Crippen MR) is 135 cm³/mol. The molecule has 3 aromatic carbocycles. The molecule has 0 spiro atoms. The van der Waals surface area contributed by atoms with Crippen molar-refractivity contribution in [3.05, 3.63) is 99.4 Å². The molecule has 1 aliphatic rings. The number of nitrogens with zero attached hydrogens (tertiary/aromatic N) is 3. The second kappa shape index (κ2) is 6.99. The van der Waals surface area contributed by atoms with Gasteiger partial charge in [0.15, 0.2) is 0 Å². The molecule has 0 amide bonds. The van der Waals surface area contributed by atoms with Crippen LogP contribution in [0, 0.1) is 17.4 Å². The van der Waals surface area contributed by atoms with Crippen molar-refractivity contribution in [3.8, 4) is 17.1 Å². The summed E-state index contributed by atoms with van der Waals surface area (Å²) < 4.78 is 5.92. The van der Waals surface area contributed by atoms with Crippen LogP contribution in [-0.4, -0.2) is 14.1 Å². The van der Waals surface area contributed by atoms with Crippen LogP contribution in [0.5, 0.6) is 0 Å². The molecule has 0 radical (unpaired) electrons. The third-order valence-corrected chi connectivity index (χ3v) is 6.88. The maximum Gasteiger partial charge on any atom is 0.145 e. The van der Waals surface area contributed by atoms with Crippen molar-refractivity contribution < 1.29 is 0 Å². The van der Waals surface area contributed by atoms with Crippen LogP contribution in [0.15, 0.2) is 78.9 Å². The first kappa shape index (κ1) is 18.7. The minimum atomic E-state index is -0.0268. The third kappa shape index (κ3) is 2.83. The van der Waals surface area contributed by atoms with Gasteiger partial charge in [0.1, 0.15) is 12.0 Å². The van der Waals surface area contributed by atoms with Gasteiger partial charge in [-0.2, -0.15) is 0 Å². The van der Waals surface area contributed by atoms with Gasteiger partial charge in [0.25, 0.3) is 0 Å². The van der Waals surface area contributed by atoms with E-state index in [1.165, 1.54) is 26.2 Å². The van der Waals surface area contributed by atoms with Crippen LogP contribution in [0.25, 0.3) is 28.1 Å². The highest BCUT2D eigenvalue weighted by Crippen LogP contribution is 2.41. The highest BCUT2D eigenvalue weighted by Gasteiger charge is 2.30. The Morgan fingerprint density at radius 1 is 0.903 bits per heavy atom. The van der Waals surface area contributed by atoms with Crippen LogP contribution >= 0.6 is 22.6 Å². The minimum Gasteiger partial charge on any atom is -0.360 e. The summed E-state index contributed by atoms with van der Waals surface area (Å²) >= 11 is 2.35. The minimum absolute atomic E-state index is 0.0268. The van der Waals surface area contributed by atoms with Crippen LogP contribution in [-0.2, 0) is 0 Å². The van der Waals surface area contributed by atoms with Gasteiger partial charge < -0.3 is 9.88 Å². The van der Waals surface area contributed by atoms with E-state index in [0.717, 1.165) is 28.1 Å². The highest BCUT2D eigenvalue weighted by atomic mass is 127. The molecule has 5 aromatic rings. The zero-order chi connectivity index (χ0) is 21.1. The molecule has 6 rings (SSSR count). The van der Waals surface area contributed by atoms with E-state index in [0.29, 0.717) is 0 Å². The average Bonchev–Trinajstić information content (AvgIpc) is 3.32. The summed E-state index contributed by atoms with van der Waals surface area (Å²) in [5, 5.41) is 3.80. The van der Waals surface area contributed by atoms with Crippen molar-refractivity contribution in [1.82, 2.24) is 14.1 Å². The summed E-state index contributed by atoms with van der Waals surface area (Å²) in [6.45, 7) is 4.39. The van der Waals surface area contributed by atoms with Crippen molar-refractivity contribution in [2.45, 2.75) is 20.0 Å². The molecule has 0 aliphatic carbocycles. The number of imidazole rings is 1. The number of rotatable bonds is 2. The van der Waals surface area contributed by atoms with Gasteiger partial charge in [-0.1, -0.05) is 24.3 Å². The van der Waals surface area contributed by atoms with Crippen molar-refractivity contribution >= 4 is 39.3 Å². The van der Waals surface area contributed by atoms with Crippen LogP contribution in [0.2, 0.25) is 0 Å². The topological polar surface area (TPSA) is 34.8 Å². The molecule has 0 saturated carbocycles. The number of para-hydroxylation sites is 3. The van der Waals surface area contributed by atoms with E-state index >= 15 is 0 Å². The van der Waals surface area contributed by atoms with Crippen molar-refractivity contribution in [2.75, 3.05) is 5.32 Å². The SMILES string of the molecule is Cc1cc([C@@H]2Nc3ccccc3-c3nc4ccccc4n32)c(C)n1-c1ccc(I)cc1. The average molecular weight is 516 g/mol. The lowest BCUT2D eigenvalue weighted by Gasteiger charge is -2.30. The lowest BCUT2D eigenvalue weighted by Crippen LogP contribution is -2.25. The Morgan fingerprint density at radius 2 is 1.65 bits per heavy atom.